The molecule has 0 aromatic carbocycles. The summed E-state index contributed by atoms with van der Waals surface area (Å²) in [5.41, 5.74) is -1.40. The molecule has 0 spiro atoms. The Kier molecular flexibility index (Phi) is 7.11. The van der Waals surface area contributed by atoms with Gasteiger partial charge in [0.25, 0.3) is 0 Å². The molecule has 1 heterocycles. The maximum Gasteiger partial charge on any atom is 0.331 e. The monoisotopic (exact) mass is 350 g/mol. The lowest BCUT2D eigenvalue weighted by atomic mass is 9.72. The predicted molar refractivity (Wildman–Crippen MR) is 93.8 cm³/mol. The number of nitrogens with zero attached hydrogens (tertiary/aromatic N) is 2. The molecule has 1 fully saturated rings. The van der Waals surface area contributed by atoms with E-state index in [0.717, 1.165) is 0 Å². The molecule has 2 atom stereocenters. The summed E-state index contributed by atoms with van der Waals surface area (Å²) in [4.78, 5) is 39.4. The predicted octanol–water partition coefficient (Wildman–Crippen LogP) is 1.59. The fourth-order valence-electron chi connectivity index (χ4n) is 3.14. The topological polar surface area (TPSA) is 98.2 Å². The summed E-state index contributed by atoms with van der Waals surface area (Å²) in [5, 5.41) is 19.0. The van der Waals surface area contributed by atoms with Gasteiger partial charge >= 0.3 is 11.9 Å². The number of carboxylic acid groups (broad SMARTS) is 2. The highest BCUT2D eigenvalue weighted by molar-refractivity contribution is 5.95. The summed E-state index contributed by atoms with van der Waals surface area (Å²) in [5.74, 6) is -4.01. The average Bonchev–Trinajstić information content (AvgIpc) is 2.83. The standard InChI is InChI=1S/C18H26N2O5/c1-5-14(16(23)24)18(9-11-20(6-2)17(18)25)12-13(15(21)22)8-7-10-19(3)4/h5-6,12,14H,1-2,7-11H2,3-4H3,(H,21,22)(H,23,24). The van der Waals surface area contributed by atoms with E-state index in [1.165, 1.54) is 23.3 Å². The molecule has 1 aliphatic heterocycles. The van der Waals surface area contributed by atoms with Crippen LogP contribution in [-0.2, 0) is 14.4 Å². The minimum Gasteiger partial charge on any atom is -0.481 e. The molecule has 25 heavy (non-hydrogen) atoms. The van der Waals surface area contributed by atoms with Gasteiger partial charge in [0.15, 0.2) is 0 Å². The molecule has 0 bridgehead atoms. The molecule has 1 amide bonds. The van der Waals surface area contributed by atoms with Gasteiger partial charge in [0.05, 0.1) is 11.3 Å². The van der Waals surface area contributed by atoms with Crippen LogP contribution < -0.4 is 0 Å². The highest BCUT2D eigenvalue weighted by Crippen LogP contribution is 2.43. The van der Waals surface area contributed by atoms with E-state index in [-0.39, 0.29) is 18.4 Å². The van der Waals surface area contributed by atoms with Crippen molar-refractivity contribution in [3.8, 4) is 0 Å². The summed E-state index contributed by atoms with van der Waals surface area (Å²) < 4.78 is 0. The van der Waals surface area contributed by atoms with Crippen molar-refractivity contribution in [2.24, 2.45) is 11.3 Å². The Bertz CT molecular complexity index is 596. The second-order valence-corrected chi connectivity index (χ2v) is 6.40. The first-order valence-electron chi connectivity index (χ1n) is 8.08. The van der Waals surface area contributed by atoms with Gasteiger partial charge < -0.3 is 20.0 Å². The number of likely N-dealkylation sites (tertiary alicyclic amines) is 1. The lowest BCUT2D eigenvalue weighted by molar-refractivity contribution is -0.148. The van der Waals surface area contributed by atoms with Crippen LogP contribution in [0.25, 0.3) is 0 Å². The van der Waals surface area contributed by atoms with E-state index < -0.39 is 29.2 Å². The molecule has 0 saturated carbocycles. The van der Waals surface area contributed by atoms with E-state index in [1.807, 2.05) is 19.0 Å². The zero-order valence-electron chi connectivity index (χ0n) is 14.8. The first-order chi connectivity index (χ1) is 11.7. The number of rotatable bonds is 10. The van der Waals surface area contributed by atoms with Crippen molar-refractivity contribution in [1.29, 1.82) is 0 Å². The molecule has 138 valence electrons. The number of hydrogen-bond donors (Lipinski definition) is 2. The van der Waals surface area contributed by atoms with E-state index >= 15 is 0 Å². The molecular formula is C18H26N2O5. The van der Waals surface area contributed by atoms with Crippen LogP contribution in [0.2, 0.25) is 0 Å². The third-order valence-electron chi connectivity index (χ3n) is 4.46. The van der Waals surface area contributed by atoms with Crippen LogP contribution >= 0.6 is 0 Å². The third kappa shape index (κ3) is 4.57. The summed E-state index contributed by atoms with van der Waals surface area (Å²) in [6, 6.07) is 0. The molecule has 7 nitrogen and oxygen atoms in total. The van der Waals surface area contributed by atoms with E-state index in [4.69, 9.17) is 0 Å². The Hall–Kier alpha value is -2.41. The number of carbonyl (C=O) groups is 3. The molecular weight excluding hydrogens is 324 g/mol. The lowest BCUT2D eigenvalue weighted by Crippen LogP contribution is -2.40. The second kappa shape index (κ2) is 8.62. The van der Waals surface area contributed by atoms with Gasteiger partial charge in [0, 0.05) is 12.1 Å². The van der Waals surface area contributed by atoms with Gasteiger partial charge in [0.1, 0.15) is 0 Å². The smallest absolute Gasteiger partial charge is 0.331 e. The SMILES string of the molecule is C=CC(C(=O)O)C1(C=C(CCCN(C)C)C(=O)O)CCN(C=C)C1=O. The van der Waals surface area contributed by atoms with E-state index in [0.29, 0.717) is 19.5 Å². The fourth-order valence-corrected chi connectivity index (χ4v) is 3.14. The van der Waals surface area contributed by atoms with Crippen LogP contribution in [0.3, 0.4) is 0 Å². The summed E-state index contributed by atoms with van der Waals surface area (Å²) in [6.07, 6.45) is 4.91. The zero-order chi connectivity index (χ0) is 19.2. The first-order valence-corrected chi connectivity index (χ1v) is 8.08. The van der Waals surface area contributed by atoms with Crippen LogP contribution in [0.15, 0.2) is 37.1 Å². The minimum atomic E-state index is -1.45. The lowest BCUT2D eigenvalue weighted by Gasteiger charge is -2.29. The summed E-state index contributed by atoms with van der Waals surface area (Å²) in [7, 11) is 3.76. The normalized spacial score (nSPS) is 22.1. The van der Waals surface area contributed by atoms with Gasteiger partial charge in [-0.15, -0.1) is 6.58 Å². The Morgan fingerprint density at radius 1 is 1.36 bits per heavy atom. The quantitative estimate of drug-likeness (QED) is 0.459. The number of aliphatic carboxylic acids is 2. The fraction of sp³-hybridized carbons (Fsp3) is 0.500. The van der Waals surface area contributed by atoms with Crippen molar-refractivity contribution in [2.75, 3.05) is 27.2 Å². The molecule has 0 aromatic heterocycles. The maximum atomic E-state index is 12.8. The highest BCUT2D eigenvalue weighted by atomic mass is 16.4. The number of amides is 1. The largest absolute Gasteiger partial charge is 0.481 e. The van der Waals surface area contributed by atoms with Crippen molar-refractivity contribution in [2.45, 2.75) is 19.3 Å². The van der Waals surface area contributed by atoms with Crippen molar-refractivity contribution in [3.05, 3.63) is 37.1 Å². The van der Waals surface area contributed by atoms with Gasteiger partial charge in [-0.2, -0.15) is 0 Å². The van der Waals surface area contributed by atoms with Crippen LogP contribution in [0.4, 0.5) is 0 Å². The van der Waals surface area contributed by atoms with Crippen LogP contribution in [0.5, 0.6) is 0 Å². The van der Waals surface area contributed by atoms with Crippen LogP contribution in [-0.4, -0.2) is 65.0 Å². The van der Waals surface area contributed by atoms with E-state index in [1.54, 1.807) is 0 Å². The maximum absolute atomic E-state index is 12.8. The van der Waals surface area contributed by atoms with E-state index in [9.17, 15) is 24.6 Å². The molecule has 1 aliphatic rings. The number of carboxylic acids is 2. The second-order valence-electron chi connectivity index (χ2n) is 6.40. The molecule has 0 aromatic rings. The van der Waals surface area contributed by atoms with Gasteiger partial charge in [-0.05, 0) is 46.1 Å². The van der Waals surface area contributed by atoms with Crippen molar-refractivity contribution in [1.82, 2.24) is 9.80 Å². The van der Waals surface area contributed by atoms with Crippen LogP contribution in [0.1, 0.15) is 19.3 Å². The molecule has 0 radical (unpaired) electrons. The van der Waals surface area contributed by atoms with Gasteiger partial charge in [-0.1, -0.05) is 18.7 Å². The summed E-state index contributed by atoms with van der Waals surface area (Å²) >= 11 is 0. The molecule has 0 aliphatic carbocycles. The first kappa shape index (κ1) is 20.6. The van der Waals surface area contributed by atoms with Gasteiger partial charge in [-0.3, -0.25) is 9.59 Å². The third-order valence-corrected chi connectivity index (χ3v) is 4.46. The van der Waals surface area contributed by atoms with Gasteiger partial charge in [-0.25, -0.2) is 4.79 Å². The molecule has 2 N–H and O–H groups in total. The number of hydrogen-bond acceptors (Lipinski definition) is 4. The number of carbonyl (C=O) groups excluding carboxylic acids is 1. The molecule has 2 unspecified atom stereocenters. The average molecular weight is 350 g/mol. The minimum absolute atomic E-state index is 0.0502. The van der Waals surface area contributed by atoms with Crippen molar-refractivity contribution < 1.29 is 24.6 Å². The Morgan fingerprint density at radius 2 is 2.00 bits per heavy atom. The molecule has 1 rings (SSSR count). The van der Waals surface area contributed by atoms with Crippen molar-refractivity contribution >= 4 is 17.8 Å². The highest BCUT2D eigenvalue weighted by Gasteiger charge is 2.52. The Balaban J connectivity index is 3.32. The Morgan fingerprint density at radius 3 is 2.40 bits per heavy atom. The zero-order valence-corrected chi connectivity index (χ0v) is 14.8. The van der Waals surface area contributed by atoms with Crippen LogP contribution in [0, 0.1) is 11.3 Å². The van der Waals surface area contributed by atoms with E-state index in [2.05, 4.69) is 13.2 Å². The van der Waals surface area contributed by atoms with Crippen molar-refractivity contribution in [3.63, 3.8) is 0 Å². The molecule has 7 heteroatoms. The van der Waals surface area contributed by atoms with Gasteiger partial charge in [0.2, 0.25) is 5.91 Å². The summed E-state index contributed by atoms with van der Waals surface area (Å²) in [6.45, 7) is 8.08. The molecule has 1 saturated heterocycles. The Labute approximate surface area is 147 Å².